The first kappa shape index (κ1) is 17.1. The Bertz CT molecular complexity index is 804. The second-order valence-corrected chi connectivity index (χ2v) is 7.62. The summed E-state index contributed by atoms with van der Waals surface area (Å²) in [6.45, 7) is 0.737. The molecule has 2 saturated heterocycles. The summed E-state index contributed by atoms with van der Waals surface area (Å²) in [5.41, 5.74) is 0.957. The number of aromatic nitrogens is 2. The van der Waals surface area contributed by atoms with Crippen molar-refractivity contribution in [2.24, 2.45) is 5.92 Å². The number of nitrogens with one attached hydrogen (secondary N) is 1. The molecule has 0 radical (unpaired) electrons. The minimum absolute atomic E-state index is 0.0191. The Morgan fingerprint density at radius 2 is 2.12 bits per heavy atom. The predicted molar refractivity (Wildman–Crippen MR) is 96.5 cm³/mol. The van der Waals surface area contributed by atoms with E-state index in [4.69, 9.17) is 4.74 Å². The highest BCUT2D eigenvalue weighted by atomic mass is 32.1. The van der Waals surface area contributed by atoms with Crippen LogP contribution in [0.15, 0.2) is 30.3 Å². The second kappa shape index (κ2) is 7.13. The molecule has 3 atom stereocenters. The van der Waals surface area contributed by atoms with E-state index in [-0.39, 0.29) is 30.4 Å². The van der Waals surface area contributed by atoms with Gasteiger partial charge in [0.25, 0.3) is 0 Å². The Balaban J connectivity index is 1.50. The van der Waals surface area contributed by atoms with Gasteiger partial charge < -0.3 is 15.0 Å². The molecule has 0 spiro atoms. The van der Waals surface area contributed by atoms with Crippen molar-refractivity contribution in [1.82, 2.24) is 15.1 Å². The molecule has 8 heteroatoms. The molecule has 4 rings (SSSR count). The van der Waals surface area contributed by atoms with Crippen LogP contribution in [0.5, 0.6) is 0 Å². The molecule has 2 amide bonds. The van der Waals surface area contributed by atoms with Crippen LogP contribution in [0.25, 0.3) is 0 Å². The van der Waals surface area contributed by atoms with Crippen LogP contribution in [0.2, 0.25) is 0 Å². The van der Waals surface area contributed by atoms with Crippen LogP contribution in [0.3, 0.4) is 0 Å². The molecule has 0 aliphatic carbocycles. The summed E-state index contributed by atoms with van der Waals surface area (Å²) in [4.78, 5) is 26.7. The lowest BCUT2D eigenvalue weighted by molar-refractivity contribution is -0.127. The van der Waals surface area contributed by atoms with Crippen molar-refractivity contribution in [3.63, 3.8) is 0 Å². The number of nitrogens with zero attached hydrogens (tertiary/aromatic N) is 3. The van der Waals surface area contributed by atoms with E-state index in [2.05, 4.69) is 15.5 Å². The van der Waals surface area contributed by atoms with Crippen LogP contribution in [0.4, 0.5) is 5.13 Å². The van der Waals surface area contributed by atoms with Crippen molar-refractivity contribution in [3.8, 4) is 0 Å². The Kier molecular flexibility index (Phi) is 4.69. The van der Waals surface area contributed by atoms with E-state index in [1.165, 1.54) is 11.3 Å². The van der Waals surface area contributed by atoms with Crippen molar-refractivity contribution in [3.05, 3.63) is 40.9 Å². The van der Waals surface area contributed by atoms with Crippen LogP contribution < -0.4 is 5.32 Å². The molecular formula is C18H20N4O3S. The Morgan fingerprint density at radius 3 is 2.85 bits per heavy atom. The van der Waals surface area contributed by atoms with Crippen LogP contribution in [-0.4, -0.2) is 40.6 Å². The highest BCUT2D eigenvalue weighted by Gasteiger charge is 2.42. The fourth-order valence-corrected chi connectivity index (χ4v) is 4.43. The summed E-state index contributed by atoms with van der Waals surface area (Å²) >= 11 is 1.34. The molecule has 3 heterocycles. The maximum absolute atomic E-state index is 12.8. The Hall–Kier alpha value is -2.32. The number of hydrogen-bond acceptors (Lipinski definition) is 6. The minimum Gasteiger partial charge on any atom is -0.371 e. The number of carbonyl (C=O) groups is 2. The third-order valence-corrected chi connectivity index (χ3v) is 5.87. The summed E-state index contributed by atoms with van der Waals surface area (Å²) in [6.07, 6.45) is 2.12. The third-order valence-electron chi connectivity index (χ3n) is 4.94. The number of amides is 2. The molecule has 2 fully saturated rings. The van der Waals surface area contributed by atoms with Gasteiger partial charge in [-0.2, -0.15) is 0 Å². The van der Waals surface area contributed by atoms with Gasteiger partial charge in [0.15, 0.2) is 0 Å². The zero-order valence-corrected chi connectivity index (χ0v) is 15.2. The summed E-state index contributed by atoms with van der Waals surface area (Å²) in [7, 11) is 1.74. The van der Waals surface area contributed by atoms with E-state index >= 15 is 0 Å². The van der Waals surface area contributed by atoms with E-state index in [1.807, 2.05) is 30.3 Å². The number of anilines is 1. The lowest BCUT2D eigenvalue weighted by Crippen LogP contribution is -2.29. The molecule has 0 unspecified atom stereocenters. The van der Waals surface area contributed by atoms with E-state index in [1.54, 1.807) is 11.9 Å². The van der Waals surface area contributed by atoms with E-state index in [0.29, 0.717) is 5.13 Å². The number of benzene rings is 1. The Morgan fingerprint density at radius 1 is 1.31 bits per heavy atom. The van der Waals surface area contributed by atoms with E-state index in [9.17, 15) is 9.59 Å². The van der Waals surface area contributed by atoms with E-state index < -0.39 is 5.92 Å². The number of likely N-dealkylation sites (tertiary alicyclic amines) is 1. The highest BCUT2D eigenvalue weighted by Crippen LogP contribution is 2.38. The minimum atomic E-state index is -0.454. The van der Waals surface area contributed by atoms with Crippen LogP contribution >= 0.6 is 11.3 Å². The van der Waals surface area contributed by atoms with E-state index in [0.717, 1.165) is 30.0 Å². The van der Waals surface area contributed by atoms with Crippen LogP contribution in [0, 0.1) is 5.92 Å². The third kappa shape index (κ3) is 3.22. The van der Waals surface area contributed by atoms with Gasteiger partial charge in [0.05, 0.1) is 12.0 Å². The largest absolute Gasteiger partial charge is 0.371 e. The molecule has 7 nitrogen and oxygen atoms in total. The summed E-state index contributed by atoms with van der Waals surface area (Å²) < 4.78 is 5.60. The van der Waals surface area contributed by atoms with Crippen molar-refractivity contribution in [2.75, 3.05) is 19.0 Å². The smallest absolute Gasteiger partial charge is 0.232 e. The Labute approximate surface area is 155 Å². The molecule has 0 saturated carbocycles. The predicted octanol–water partition coefficient (Wildman–Crippen LogP) is 2.55. The van der Waals surface area contributed by atoms with Gasteiger partial charge in [-0.3, -0.25) is 9.59 Å². The number of ether oxygens (including phenoxy) is 1. The molecule has 1 aromatic carbocycles. The summed E-state index contributed by atoms with van der Waals surface area (Å²) in [5, 5.41) is 12.3. The fraction of sp³-hybridized carbons (Fsp3) is 0.444. The first-order valence-electron chi connectivity index (χ1n) is 8.70. The molecule has 26 heavy (non-hydrogen) atoms. The van der Waals surface area contributed by atoms with Crippen LogP contribution in [0.1, 0.15) is 42.0 Å². The lowest BCUT2D eigenvalue weighted by atomic mass is 9.93. The molecule has 2 aromatic rings. The van der Waals surface area contributed by atoms with Crippen molar-refractivity contribution >= 4 is 28.3 Å². The van der Waals surface area contributed by atoms with Gasteiger partial charge in [-0.25, -0.2) is 0 Å². The average Bonchev–Trinajstić information content (AvgIpc) is 3.37. The number of hydrogen-bond donors (Lipinski definition) is 1. The van der Waals surface area contributed by atoms with Gasteiger partial charge in [-0.15, -0.1) is 10.2 Å². The number of carbonyl (C=O) groups excluding carboxylic acids is 2. The van der Waals surface area contributed by atoms with Gasteiger partial charge in [0, 0.05) is 20.1 Å². The lowest BCUT2D eigenvalue weighted by Gasteiger charge is -2.24. The standard InChI is InChI=1S/C18H20N4O3S/c1-22-14(23)10-12(15(22)11-6-3-2-4-7-11)16(24)19-18-21-20-17(26-18)13-8-5-9-25-13/h2-4,6-7,12-13,15H,5,8-10H2,1H3,(H,19,21,24)/t12-,13+,15-/m0/s1. The normalized spacial score (nSPS) is 25.7. The second-order valence-electron chi connectivity index (χ2n) is 6.61. The quantitative estimate of drug-likeness (QED) is 0.892. The molecule has 1 N–H and O–H groups in total. The molecule has 1 aromatic heterocycles. The van der Waals surface area contributed by atoms with Gasteiger partial charge >= 0.3 is 0 Å². The summed E-state index contributed by atoms with van der Waals surface area (Å²) in [5.74, 6) is -0.687. The zero-order valence-electron chi connectivity index (χ0n) is 14.4. The van der Waals surface area contributed by atoms with Gasteiger partial charge in [0.2, 0.25) is 16.9 Å². The molecule has 0 bridgehead atoms. The average molecular weight is 372 g/mol. The van der Waals surface area contributed by atoms with Gasteiger partial charge in [-0.1, -0.05) is 41.7 Å². The molecule has 136 valence electrons. The van der Waals surface area contributed by atoms with Crippen molar-refractivity contribution < 1.29 is 14.3 Å². The SMILES string of the molecule is CN1C(=O)C[C@H](C(=O)Nc2nnc([C@H]3CCCO3)s2)[C@@H]1c1ccccc1. The first-order chi connectivity index (χ1) is 12.6. The topological polar surface area (TPSA) is 84.4 Å². The van der Waals surface area contributed by atoms with Crippen molar-refractivity contribution in [2.45, 2.75) is 31.4 Å². The van der Waals surface area contributed by atoms with Crippen LogP contribution in [-0.2, 0) is 14.3 Å². The highest BCUT2D eigenvalue weighted by molar-refractivity contribution is 7.15. The maximum Gasteiger partial charge on any atom is 0.232 e. The molecule has 2 aliphatic heterocycles. The first-order valence-corrected chi connectivity index (χ1v) is 9.51. The van der Waals surface area contributed by atoms with Gasteiger partial charge in [-0.05, 0) is 18.4 Å². The summed E-state index contributed by atoms with van der Waals surface area (Å²) in [6, 6.07) is 9.37. The van der Waals surface area contributed by atoms with Gasteiger partial charge in [0.1, 0.15) is 11.1 Å². The van der Waals surface area contributed by atoms with Crippen molar-refractivity contribution in [1.29, 1.82) is 0 Å². The zero-order chi connectivity index (χ0) is 18.1. The fourth-order valence-electron chi connectivity index (χ4n) is 3.60. The maximum atomic E-state index is 12.8. The number of rotatable bonds is 4. The molecular weight excluding hydrogens is 352 g/mol. The molecule has 2 aliphatic rings. The monoisotopic (exact) mass is 372 g/mol.